The summed E-state index contributed by atoms with van der Waals surface area (Å²) in [6.07, 6.45) is 2.43. The predicted molar refractivity (Wildman–Crippen MR) is 132 cm³/mol. The number of aryl methyl sites for hydroxylation is 2. The Kier molecular flexibility index (Phi) is 6.09. The molecule has 2 heterocycles. The van der Waals surface area contributed by atoms with E-state index in [9.17, 15) is 0 Å². The van der Waals surface area contributed by atoms with Crippen molar-refractivity contribution in [1.82, 2.24) is 19.7 Å². The third-order valence-corrected chi connectivity index (χ3v) is 6.38. The summed E-state index contributed by atoms with van der Waals surface area (Å²) < 4.78 is 7.87. The van der Waals surface area contributed by atoms with Gasteiger partial charge in [-0.05, 0) is 43.2 Å². The Morgan fingerprint density at radius 1 is 0.879 bits per heavy atom. The van der Waals surface area contributed by atoms with Gasteiger partial charge in [-0.25, -0.2) is 4.98 Å². The van der Waals surface area contributed by atoms with Crippen LogP contribution >= 0.6 is 11.8 Å². The number of nitrogens with zero attached hydrogens (tertiary/aromatic N) is 4. The van der Waals surface area contributed by atoms with Gasteiger partial charge in [-0.2, -0.15) is 0 Å². The van der Waals surface area contributed by atoms with Crippen LogP contribution in [0.3, 0.4) is 0 Å². The highest BCUT2D eigenvalue weighted by atomic mass is 32.2. The third-order valence-electron chi connectivity index (χ3n) is 5.42. The molecule has 0 atom stereocenters. The molecule has 6 heteroatoms. The molecule has 0 spiro atoms. The Hall–Kier alpha value is -3.64. The number of benzene rings is 3. The number of hydrogen-bond acceptors (Lipinski definition) is 5. The van der Waals surface area contributed by atoms with E-state index in [4.69, 9.17) is 4.42 Å². The summed E-state index contributed by atoms with van der Waals surface area (Å²) in [6, 6.07) is 26.8. The minimum absolute atomic E-state index is 0.631. The highest BCUT2D eigenvalue weighted by molar-refractivity contribution is 7.98. The van der Waals surface area contributed by atoms with Crippen LogP contribution in [0.5, 0.6) is 0 Å². The van der Waals surface area contributed by atoms with E-state index >= 15 is 0 Å². The molecule has 0 fully saturated rings. The van der Waals surface area contributed by atoms with Gasteiger partial charge in [0.25, 0.3) is 0 Å². The van der Waals surface area contributed by atoms with Gasteiger partial charge in [-0.1, -0.05) is 78.0 Å². The Balaban J connectivity index is 1.44. The molecule has 0 saturated heterocycles. The van der Waals surface area contributed by atoms with E-state index in [0.717, 1.165) is 27.9 Å². The maximum Gasteiger partial charge on any atom is 0.226 e. The molecule has 2 aromatic heterocycles. The normalized spacial score (nSPS) is 11.1. The largest absolute Gasteiger partial charge is 0.444 e. The lowest BCUT2D eigenvalue weighted by atomic mass is 10.1. The van der Waals surface area contributed by atoms with Crippen LogP contribution < -0.4 is 0 Å². The molecule has 0 unspecified atom stereocenters. The third kappa shape index (κ3) is 4.76. The van der Waals surface area contributed by atoms with E-state index in [1.165, 1.54) is 16.7 Å². The Bertz CT molecular complexity index is 1360. The Morgan fingerprint density at radius 3 is 2.39 bits per heavy atom. The zero-order chi connectivity index (χ0) is 22.6. The van der Waals surface area contributed by atoms with Gasteiger partial charge in [0.15, 0.2) is 5.16 Å². The lowest BCUT2D eigenvalue weighted by Gasteiger charge is -2.13. The minimum atomic E-state index is 0.631. The molecule has 164 valence electrons. The summed E-state index contributed by atoms with van der Waals surface area (Å²) in [6.45, 7) is 4.24. The smallest absolute Gasteiger partial charge is 0.226 e. The van der Waals surface area contributed by atoms with Gasteiger partial charge < -0.3 is 4.42 Å². The molecule has 0 N–H and O–H groups in total. The van der Waals surface area contributed by atoms with Gasteiger partial charge in [0.2, 0.25) is 5.89 Å². The average molecular weight is 453 g/mol. The van der Waals surface area contributed by atoms with Crippen molar-refractivity contribution < 1.29 is 4.42 Å². The highest BCUT2D eigenvalue weighted by Gasteiger charge is 2.17. The molecule has 0 saturated carbocycles. The van der Waals surface area contributed by atoms with Gasteiger partial charge >= 0.3 is 0 Å². The summed E-state index contributed by atoms with van der Waals surface area (Å²) in [7, 11) is 0. The van der Waals surface area contributed by atoms with E-state index in [1.54, 1.807) is 18.0 Å². The van der Waals surface area contributed by atoms with Crippen molar-refractivity contribution in [1.29, 1.82) is 0 Å². The van der Waals surface area contributed by atoms with Gasteiger partial charge in [0, 0.05) is 17.7 Å². The monoisotopic (exact) mass is 452 g/mol. The number of aromatic nitrogens is 4. The number of rotatable bonds is 7. The van der Waals surface area contributed by atoms with Crippen molar-refractivity contribution in [2.45, 2.75) is 31.2 Å². The molecule has 0 aliphatic carbocycles. The van der Waals surface area contributed by atoms with Gasteiger partial charge in [0.05, 0.1) is 11.4 Å². The molecule has 5 rings (SSSR count). The van der Waals surface area contributed by atoms with Crippen molar-refractivity contribution in [3.05, 3.63) is 113 Å². The van der Waals surface area contributed by atoms with E-state index in [2.05, 4.69) is 76.1 Å². The highest BCUT2D eigenvalue weighted by Crippen LogP contribution is 2.29. The zero-order valence-electron chi connectivity index (χ0n) is 18.6. The molecule has 33 heavy (non-hydrogen) atoms. The second-order valence-electron chi connectivity index (χ2n) is 7.99. The van der Waals surface area contributed by atoms with E-state index in [0.29, 0.717) is 18.1 Å². The van der Waals surface area contributed by atoms with Crippen molar-refractivity contribution in [2.24, 2.45) is 0 Å². The molecule has 5 nitrogen and oxygen atoms in total. The number of oxazole rings is 1. The summed E-state index contributed by atoms with van der Waals surface area (Å²) in [5, 5.41) is 9.96. The molecule has 3 aromatic carbocycles. The van der Waals surface area contributed by atoms with Crippen LogP contribution in [0.25, 0.3) is 17.1 Å². The van der Waals surface area contributed by atoms with Crippen molar-refractivity contribution in [3.8, 4) is 17.1 Å². The van der Waals surface area contributed by atoms with Crippen LogP contribution in [-0.2, 0) is 12.2 Å². The average Bonchev–Trinajstić information content (AvgIpc) is 3.46. The summed E-state index contributed by atoms with van der Waals surface area (Å²) in [5.41, 5.74) is 6.58. The Labute approximate surface area is 197 Å². The van der Waals surface area contributed by atoms with Crippen LogP contribution in [0.2, 0.25) is 0 Å². The lowest BCUT2D eigenvalue weighted by Crippen LogP contribution is -2.06. The molecule has 0 bridgehead atoms. The summed E-state index contributed by atoms with van der Waals surface area (Å²) >= 11 is 1.61. The first-order valence-electron chi connectivity index (χ1n) is 10.9. The maximum absolute atomic E-state index is 5.70. The predicted octanol–water partition coefficient (Wildman–Crippen LogP) is 6.42. The summed E-state index contributed by atoms with van der Waals surface area (Å²) in [4.78, 5) is 4.66. The molecular formula is C27H24N4OS. The van der Waals surface area contributed by atoms with Crippen LogP contribution in [0.1, 0.15) is 28.2 Å². The zero-order valence-corrected chi connectivity index (χ0v) is 19.4. The van der Waals surface area contributed by atoms with E-state index < -0.39 is 0 Å². The van der Waals surface area contributed by atoms with E-state index in [-0.39, 0.29) is 0 Å². The maximum atomic E-state index is 5.70. The van der Waals surface area contributed by atoms with Crippen molar-refractivity contribution >= 4 is 11.8 Å². The van der Waals surface area contributed by atoms with Gasteiger partial charge in [0.1, 0.15) is 12.1 Å². The second kappa shape index (κ2) is 9.46. The fourth-order valence-corrected chi connectivity index (χ4v) is 4.65. The molecular weight excluding hydrogens is 428 g/mol. The van der Waals surface area contributed by atoms with Crippen molar-refractivity contribution in [3.63, 3.8) is 0 Å². The van der Waals surface area contributed by atoms with Crippen LogP contribution in [0, 0.1) is 13.8 Å². The topological polar surface area (TPSA) is 56.7 Å². The van der Waals surface area contributed by atoms with Gasteiger partial charge in [-0.3, -0.25) is 4.57 Å². The fraction of sp³-hybridized carbons (Fsp3) is 0.148. The summed E-state index contributed by atoms with van der Waals surface area (Å²) in [5.74, 6) is 2.19. The molecule has 0 aliphatic heterocycles. The molecule has 0 aliphatic rings. The lowest BCUT2D eigenvalue weighted by molar-refractivity contribution is 0.573. The fourth-order valence-electron chi connectivity index (χ4n) is 3.81. The Morgan fingerprint density at radius 2 is 1.64 bits per heavy atom. The van der Waals surface area contributed by atoms with Crippen LogP contribution in [-0.4, -0.2) is 19.7 Å². The molecule has 0 radical (unpaired) electrons. The van der Waals surface area contributed by atoms with Crippen LogP contribution in [0.15, 0.2) is 94.7 Å². The number of thioether (sulfide) groups is 1. The van der Waals surface area contributed by atoms with Crippen molar-refractivity contribution in [2.75, 3.05) is 0 Å². The SMILES string of the molecule is Cc1ccc(-n2c(Cc3ccccc3)nnc2SCc2coc(-c3ccccc3)n2)c(C)c1. The first-order valence-corrected chi connectivity index (χ1v) is 11.8. The first-order chi connectivity index (χ1) is 16.2. The first kappa shape index (κ1) is 21.2. The minimum Gasteiger partial charge on any atom is -0.444 e. The molecule has 5 aromatic rings. The number of hydrogen-bond donors (Lipinski definition) is 0. The standard InChI is InChI=1S/C27H24N4OS/c1-19-13-14-24(20(2)15-19)31-25(16-21-9-5-3-6-10-21)29-30-27(31)33-18-23-17-32-26(28-23)22-11-7-4-8-12-22/h3-15,17H,16,18H2,1-2H3. The second-order valence-corrected chi connectivity index (χ2v) is 8.93. The van der Waals surface area contributed by atoms with Gasteiger partial charge in [-0.15, -0.1) is 10.2 Å². The quantitative estimate of drug-likeness (QED) is 0.267. The van der Waals surface area contributed by atoms with Crippen LogP contribution in [0.4, 0.5) is 0 Å². The molecule has 0 amide bonds. The van der Waals surface area contributed by atoms with E-state index in [1.807, 2.05) is 36.4 Å².